The molecule has 0 saturated carbocycles. The Morgan fingerprint density at radius 3 is 2.24 bits per heavy atom. The van der Waals surface area contributed by atoms with Crippen molar-refractivity contribution in [3.63, 3.8) is 0 Å². The van der Waals surface area contributed by atoms with Crippen LogP contribution in [0.15, 0.2) is 0 Å². The molecular formula is C14H25N3O4. The number of carboxylic acid groups (broad SMARTS) is 1. The van der Waals surface area contributed by atoms with Crippen molar-refractivity contribution in [2.75, 3.05) is 45.9 Å². The molecule has 0 aromatic heterocycles. The van der Waals surface area contributed by atoms with Crippen LogP contribution < -0.4 is 0 Å². The SMILES string of the molecule is CC(C(=O)O)N1CCN(C(=O)N2CCOC(C)(C)C2)CC1. The average Bonchev–Trinajstić information content (AvgIpc) is 2.44. The molecule has 2 heterocycles. The van der Waals surface area contributed by atoms with Crippen molar-refractivity contribution in [2.45, 2.75) is 32.4 Å². The predicted octanol–water partition coefficient (Wildman–Crippen LogP) is 0.308. The Bertz CT molecular complexity index is 405. The average molecular weight is 299 g/mol. The Morgan fingerprint density at radius 2 is 1.71 bits per heavy atom. The first-order valence-corrected chi connectivity index (χ1v) is 7.45. The number of carbonyl (C=O) groups is 2. The summed E-state index contributed by atoms with van der Waals surface area (Å²) in [6, 6.07) is -0.460. The molecule has 0 aliphatic carbocycles. The van der Waals surface area contributed by atoms with Gasteiger partial charge >= 0.3 is 12.0 Å². The van der Waals surface area contributed by atoms with E-state index in [-0.39, 0.29) is 11.6 Å². The first-order valence-electron chi connectivity index (χ1n) is 7.45. The van der Waals surface area contributed by atoms with Crippen LogP contribution in [0, 0.1) is 0 Å². The van der Waals surface area contributed by atoms with E-state index in [2.05, 4.69) is 0 Å². The standard InChI is InChI=1S/C14H25N3O4/c1-11(12(18)19)15-4-6-16(7-5-15)13(20)17-8-9-21-14(2,3)10-17/h11H,4-10H2,1-3H3,(H,18,19). The summed E-state index contributed by atoms with van der Waals surface area (Å²) >= 11 is 0. The van der Waals surface area contributed by atoms with Crippen LogP contribution >= 0.6 is 0 Å². The van der Waals surface area contributed by atoms with E-state index in [1.54, 1.807) is 6.92 Å². The molecule has 1 unspecified atom stereocenters. The molecule has 1 N–H and O–H groups in total. The van der Waals surface area contributed by atoms with Gasteiger partial charge in [-0.25, -0.2) is 4.79 Å². The maximum Gasteiger partial charge on any atom is 0.320 e. The van der Waals surface area contributed by atoms with Crippen molar-refractivity contribution < 1.29 is 19.4 Å². The monoisotopic (exact) mass is 299 g/mol. The summed E-state index contributed by atoms with van der Waals surface area (Å²) in [6.45, 7) is 9.80. The quantitative estimate of drug-likeness (QED) is 0.794. The van der Waals surface area contributed by atoms with Crippen LogP contribution in [0.3, 0.4) is 0 Å². The fourth-order valence-electron chi connectivity index (χ4n) is 2.84. The van der Waals surface area contributed by atoms with Crippen molar-refractivity contribution in [3.05, 3.63) is 0 Å². The van der Waals surface area contributed by atoms with Crippen LogP contribution in [0.1, 0.15) is 20.8 Å². The zero-order valence-corrected chi connectivity index (χ0v) is 13.0. The van der Waals surface area contributed by atoms with Crippen LogP contribution in [-0.2, 0) is 9.53 Å². The van der Waals surface area contributed by atoms with Gasteiger partial charge in [-0.1, -0.05) is 0 Å². The molecule has 2 aliphatic rings. The third-order valence-corrected chi connectivity index (χ3v) is 4.19. The van der Waals surface area contributed by atoms with Crippen molar-refractivity contribution in [3.8, 4) is 0 Å². The number of nitrogens with zero attached hydrogens (tertiary/aromatic N) is 3. The van der Waals surface area contributed by atoms with E-state index < -0.39 is 12.0 Å². The van der Waals surface area contributed by atoms with E-state index in [9.17, 15) is 9.59 Å². The van der Waals surface area contributed by atoms with Gasteiger partial charge in [-0.2, -0.15) is 0 Å². The third kappa shape index (κ3) is 3.85. The molecule has 0 aromatic carbocycles. The van der Waals surface area contributed by atoms with E-state index in [1.807, 2.05) is 28.5 Å². The lowest BCUT2D eigenvalue weighted by molar-refractivity contribution is -0.143. The van der Waals surface area contributed by atoms with E-state index in [0.717, 1.165) is 0 Å². The Balaban J connectivity index is 1.87. The molecule has 1 atom stereocenters. The molecule has 21 heavy (non-hydrogen) atoms. The number of hydrogen-bond acceptors (Lipinski definition) is 4. The molecule has 2 amide bonds. The Labute approximate surface area is 125 Å². The highest BCUT2D eigenvalue weighted by atomic mass is 16.5. The lowest BCUT2D eigenvalue weighted by atomic mass is 10.1. The molecular weight excluding hydrogens is 274 g/mol. The van der Waals surface area contributed by atoms with Gasteiger partial charge in [-0.3, -0.25) is 9.69 Å². The Morgan fingerprint density at radius 1 is 1.10 bits per heavy atom. The lowest BCUT2D eigenvalue weighted by Gasteiger charge is -2.43. The number of hydrogen-bond donors (Lipinski definition) is 1. The van der Waals surface area contributed by atoms with Gasteiger partial charge in [-0.05, 0) is 20.8 Å². The van der Waals surface area contributed by atoms with Gasteiger partial charge in [0.2, 0.25) is 0 Å². The second kappa shape index (κ2) is 6.19. The Hall–Kier alpha value is -1.34. The normalized spacial score (nSPS) is 24.7. The highest BCUT2D eigenvalue weighted by molar-refractivity contribution is 5.75. The molecule has 120 valence electrons. The number of carbonyl (C=O) groups excluding carboxylic acids is 1. The highest BCUT2D eigenvalue weighted by Crippen LogP contribution is 2.18. The van der Waals surface area contributed by atoms with Gasteiger partial charge in [0, 0.05) is 32.7 Å². The van der Waals surface area contributed by atoms with E-state index >= 15 is 0 Å². The summed E-state index contributed by atoms with van der Waals surface area (Å²) in [5.41, 5.74) is -0.298. The summed E-state index contributed by atoms with van der Waals surface area (Å²) in [7, 11) is 0. The molecule has 0 spiro atoms. The molecule has 2 fully saturated rings. The van der Waals surface area contributed by atoms with E-state index in [4.69, 9.17) is 9.84 Å². The van der Waals surface area contributed by atoms with E-state index in [1.165, 1.54) is 0 Å². The fourth-order valence-corrected chi connectivity index (χ4v) is 2.84. The second-order valence-corrected chi connectivity index (χ2v) is 6.35. The van der Waals surface area contributed by atoms with Crippen LogP contribution in [0.4, 0.5) is 4.79 Å². The van der Waals surface area contributed by atoms with Crippen molar-refractivity contribution in [1.29, 1.82) is 0 Å². The smallest absolute Gasteiger partial charge is 0.320 e. The van der Waals surface area contributed by atoms with Crippen molar-refractivity contribution in [2.24, 2.45) is 0 Å². The number of urea groups is 1. The van der Waals surface area contributed by atoms with Gasteiger partial charge in [0.05, 0.1) is 18.8 Å². The highest BCUT2D eigenvalue weighted by Gasteiger charge is 2.34. The maximum atomic E-state index is 12.5. The summed E-state index contributed by atoms with van der Waals surface area (Å²) in [5.74, 6) is -0.815. The molecule has 2 saturated heterocycles. The number of rotatable bonds is 2. The van der Waals surface area contributed by atoms with Crippen LogP contribution in [0.25, 0.3) is 0 Å². The van der Waals surface area contributed by atoms with Gasteiger partial charge in [0.1, 0.15) is 6.04 Å². The lowest BCUT2D eigenvalue weighted by Crippen LogP contribution is -2.59. The van der Waals surface area contributed by atoms with Gasteiger partial charge in [0.15, 0.2) is 0 Å². The van der Waals surface area contributed by atoms with Gasteiger partial charge < -0.3 is 19.6 Å². The van der Waals surface area contributed by atoms with Gasteiger partial charge in [-0.15, -0.1) is 0 Å². The summed E-state index contributed by atoms with van der Waals surface area (Å²) in [5, 5.41) is 9.03. The maximum absolute atomic E-state index is 12.5. The first-order chi connectivity index (χ1) is 9.80. The fraction of sp³-hybridized carbons (Fsp3) is 0.857. The largest absolute Gasteiger partial charge is 0.480 e. The number of aliphatic carboxylic acids is 1. The van der Waals surface area contributed by atoms with Crippen molar-refractivity contribution >= 4 is 12.0 Å². The molecule has 0 radical (unpaired) electrons. The topological polar surface area (TPSA) is 73.3 Å². The van der Waals surface area contributed by atoms with Gasteiger partial charge in [0.25, 0.3) is 0 Å². The number of morpholine rings is 1. The molecule has 7 heteroatoms. The minimum absolute atomic E-state index is 0.0361. The number of carboxylic acids is 1. The number of ether oxygens (including phenoxy) is 1. The van der Waals surface area contributed by atoms with E-state index in [0.29, 0.717) is 45.9 Å². The van der Waals surface area contributed by atoms with Crippen LogP contribution in [0.2, 0.25) is 0 Å². The first kappa shape index (κ1) is 16.0. The van der Waals surface area contributed by atoms with Crippen LogP contribution in [0.5, 0.6) is 0 Å². The second-order valence-electron chi connectivity index (χ2n) is 6.35. The summed E-state index contributed by atoms with van der Waals surface area (Å²) < 4.78 is 5.62. The summed E-state index contributed by atoms with van der Waals surface area (Å²) in [6.07, 6.45) is 0. The molecule has 2 rings (SSSR count). The molecule has 0 bridgehead atoms. The molecule has 2 aliphatic heterocycles. The molecule has 7 nitrogen and oxygen atoms in total. The zero-order chi connectivity index (χ0) is 15.6. The number of amides is 2. The third-order valence-electron chi connectivity index (χ3n) is 4.19. The Kier molecular flexibility index (Phi) is 4.73. The number of piperazine rings is 1. The zero-order valence-electron chi connectivity index (χ0n) is 13.0. The minimum atomic E-state index is -0.815. The minimum Gasteiger partial charge on any atom is -0.480 e. The molecule has 0 aromatic rings. The van der Waals surface area contributed by atoms with Crippen molar-refractivity contribution in [1.82, 2.24) is 14.7 Å². The summed E-state index contributed by atoms with van der Waals surface area (Å²) in [4.78, 5) is 29.0. The predicted molar refractivity (Wildman–Crippen MR) is 77.2 cm³/mol. The van der Waals surface area contributed by atoms with Crippen LogP contribution in [-0.4, -0.2) is 89.3 Å².